The molecule has 0 saturated carbocycles. The van der Waals surface area contributed by atoms with Crippen molar-refractivity contribution in [2.45, 2.75) is 39.5 Å². The topological polar surface area (TPSA) is 21.3 Å². The minimum Gasteiger partial charge on any atom is -0.491 e. The largest absolute Gasteiger partial charge is 0.491 e. The Labute approximate surface area is 126 Å². The van der Waals surface area contributed by atoms with Crippen molar-refractivity contribution >= 4 is 0 Å². The first kappa shape index (κ1) is 15.5. The molecule has 112 valence electrons. The van der Waals surface area contributed by atoms with Crippen molar-refractivity contribution in [3.8, 4) is 5.75 Å². The number of hydrogen-bond donors (Lipinski definition) is 1. The second kappa shape index (κ2) is 7.23. The van der Waals surface area contributed by atoms with E-state index < -0.39 is 0 Å². The fraction of sp³-hybridized carbons (Fsp3) is 0.333. The first-order valence-corrected chi connectivity index (χ1v) is 7.29. The Bertz CT molecular complexity index is 583. The minimum atomic E-state index is -0.172. The first-order valence-electron chi connectivity index (χ1n) is 7.29. The van der Waals surface area contributed by atoms with Crippen LogP contribution in [0, 0.1) is 5.82 Å². The molecule has 0 aliphatic heterocycles. The molecule has 0 bridgehead atoms. The van der Waals surface area contributed by atoms with E-state index in [2.05, 4.69) is 5.32 Å². The average molecular weight is 287 g/mol. The summed E-state index contributed by atoms with van der Waals surface area (Å²) in [6, 6.07) is 14.8. The normalized spacial score (nSPS) is 12.4. The summed E-state index contributed by atoms with van der Waals surface area (Å²) in [5.74, 6) is 0.692. The van der Waals surface area contributed by atoms with Gasteiger partial charge in [-0.1, -0.05) is 30.3 Å². The summed E-state index contributed by atoms with van der Waals surface area (Å²) in [5, 5.41) is 3.34. The molecule has 21 heavy (non-hydrogen) atoms. The van der Waals surface area contributed by atoms with E-state index in [1.54, 1.807) is 6.07 Å². The standard InChI is InChI=1S/C18H22FNO/c1-13(2)21-16-8-6-7-15(11-16)12-20-14(3)17-9-4-5-10-18(17)19/h4-11,13-14,20H,12H2,1-3H3/t14-/m1/s1. The van der Waals surface area contributed by atoms with Crippen molar-refractivity contribution in [1.82, 2.24) is 5.32 Å². The maximum absolute atomic E-state index is 13.7. The predicted molar refractivity (Wildman–Crippen MR) is 83.9 cm³/mol. The van der Waals surface area contributed by atoms with Gasteiger partial charge in [-0.15, -0.1) is 0 Å². The third-order valence-corrected chi connectivity index (χ3v) is 3.25. The molecule has 0 radical (unpaired) electrons. The van der Waals surface area contributed by atoms with Crippen LogP contribution in [0.15, 0.2) is 48.5 Å². The Morgan fingerprint density at radius 3 is 2.52 bits per heavy atom. The van der Waals surface area contributed by atoms with E-state index in [0.717, 1.165) is 11.3 Å². The number of halogens is 1. The summed E-state index contributed by atoms with van der Waals surface area (Å²) in [6.45, 7) is 6.65. The molecule has 1 N–H and O–H groups in total. The van der Waals surface area contributed by atoms with Gasteiger partial charge in [-0.05, 0) is 44.5 Å². The van der Waals surface area contributed by atoms with Crippen molar-refractivity contribution < 1.29 is 9.13 Å². The zero-order valence-corrected chi connectivity index (χ0v) is 12.8. The number of ether oxygens (including phenoxy) is 1. The number of benzene rings is 2. The van der Waals surface area contributed by atoms with Gasteiger partial charge >= 0.3 is 0 Å². The Morgan fingerprint density at radius 2 is 1.81 bits per heavy atom. The molecule has 0 unspecified atom stereocenters. The van der Waals surface area contributed by atoms with Gasteiger partial charge in [0, 0.05) is 18.2 Å². The predicted octanol–water partition coefficient (Wildman–Crippen LogP) is 4.46. The van der Waals surface area contributed by atoms with Crippen LogP contribution in [-0.2, 0) is 6.54 Å². The van der Waals surface area contributed by atoms with E-state index in [1.165, 1.54) is 6.07 Å². The average Bonchev–Trinajstić information content (AvgIpc) is 2.45. The lowest BCUT2D eigenvalue weighted by atomic mass is 10.1. The van der Waals surface area contributed by atoms with E-state index in [4.69, 9.17) is 4.74 Å². The molecule has 1 atom stereocenters. The lowest BCUT2D eigenvalue weighted by molar-refractivity contribution is 0.242. The van der Waals surface area contributed by atoms with Crippen LogP contribution in [0.4, 0.5) is 4.39 Å². The van der Waals surface area contributed by atoms with Crippen LogP contribution in [0.1, 0.15) is 37.9 Å². The third-order valence-electron chi connectivity index (χ3n) is 3.25. The summed E-state index contributed by atoms with van der Waals surface area (Å²) in [4.78, 5) is 0. The van der Waals surface area contributed by atoms with Crippen LogP contribution in [0.25, 0.3) is 0 Å². The molecule has 3 heteroatoms. The van der Waals surface area contributed by atoms with Crippen molar-refractivity contribution in [1.29, 1.82) is 0 Å². The van der Waals surface area contributed by atoms with Crippen molar-refractivity contribution in [2.75, 3.05) is 0 Å². The number of nitrogens with one attached hydrogen (secondary N) is 1. The quantitative estimate of drug-likeness (QED) is 0.846. The van der Waals surface area contributed by atoms with Gasteiger partial charge in [-0.3, -0.25) is 0 Å². The van der Waals surface area contributed by atoms with Gasteiger partial charge in [-0.25, -0.2) is 4.39 Å². The lowest BCUT2D eigenvalue weighted by Crippen LogP contribution is -2.19. The van der Waals surface area contributed by atoms with E-state index >= 15 is 0 Å². The number of rotatable bonds is 6. The zero-order chi connectivity index (χ0) is 15.2. The van der Waals surface area contributed by atoms with E-state index in [1.807, 2.05) is 57.2 Å². The summed E-state index contributed by atoms with van der Waals surface area (Å²) < 4.78 is 19.4. The minimum absolute atomic E-state index is 0.0409. The second-order valence-electron chi connectivity index (χ2n) is 5.44. The molecule has 2 rings (SSSR count). The Kier molecular flexibility index (Phi) is 5.34. The molecule has 0 amide bonds. The highest BCUT2D eigenvalue weighted by atomic mass is 19.1. The Hall–Kier alpha value is -1.87. The van der Waals surface area contributed by atoms with Crippen LogP contribution in [-0.4, -0.2) is 6.10 Å². The maximum Gasteiger partial charge on any atom is 0.127 e. The van der Waals surface area contributed by atoms with Crippen LogP contribution in [0.3, 0.4) is 0 Å². The molecule has 0 fully saturated rings. The van der Waals surface area contributed by atoms with E-state index in [0.29, 0.717) is 12.1 Å². The summed E-state index contributed by atoms with van der Waals surface area (Å²) in [5.41, 5.74) is 1.81. The molecule has 2 nitrogen and oxygen atoms in total. The monoisotopic (exact) mass is 287 g/mol. The highest BCUT2D eigenvalue weighted by molar-refractivity contribution is 5.29. The maximum atomic E-state index is 13.7. The zero-order valence-electron chi connectivity index (χ0n) is 12.8. The molecular weight excluding hydrogens is 265 g/mol. The molecular formula is C18H22FNO. The van der Waals surface area contributed by atoms with Crippen LogP contribution >= 0.6 is 0 Å². The molecule has 2 aromatic carbocycles. The SMILES string of the molecule is CC(C)Oc1cccc(CN[C@H](C)c2ccccc2F)c1. The molecule has 0 aliphatic carbocycles. The number of hydrogen-bond acceptors (Lipinski definition) is 2. The lowest BCUT2D eigenvalue weighted by Gasteiger charge is -2.16. The van der Waals surface area contributed by atoms with Gasteiger partial charge in [0.2, 0.25) is 0 Å². The smallest absolute Gasteiger partial charge is 0.127 e. The fourth-order valence-electron chi connectivity index (χ4n) is 2.21. The van der Waals surface area contributed by atoms with Gasteiger partial charge < -0.3 is 10.1 Å². The van der Waals surface area contributed by atoms with Crippen molar-refractivity contribution in [3.63, 3.8) is 0 Å². The van der Waals surface area contributed by atoms with Crippen molar-refractivity contribution in [3.05, 3.63) is 65.5 Å². The van der Waals surface area contributed by atoms with Gasteiger partial charge in [0.1, 0.15) is 11.6 Å². The Balaban J connectivity index is 1.98. The molecule has 0 heterocycles. The third kappa shape index (κ3) is 4.57. The molecule has 0 saturated heterocycles. The Morgan fingerprint density at radius 1 is 1.05 bits per heavy atom. The molecule has 0 aliphatic rings. The second-order valence-corrected chi connectivity index (χ2v) is 5.44. The van der Waals surface area contributed by atoms with Gasteiger partial charge in [0.25, 0.3) is 0 Å². The fourth-order valence-corrected chi connectivity index (χ4v) is 2.21. The van der Waals surface area contributed by atoms with Gasteiger partial charge in [-0.2, -0.15) is 0 Å². The van der Waals surface area contributed by atoms with Crippen LogP contribution in [0.2, 0.25) is 0 Å². The highest BCUT2D eigenvalue weighted by Gasteiger charge is 2.09. The summed E-state index contributed by atoms with van der Waals surface area (Å²) in [7, 11) is 0. The molecule has 0 spiro atoms. The highest BCUT2D eigenvalue weighted by Crippen LogP contribution is 2.18. The van der Waals surface area contributed by atoms with Crippen LogP contribution in [0.5, 0.6) is 5.75 Å². The van der Waals surface area contributed by atoms with Crippen LogP contribution < -0.4 is 10.1 Å². The first-order chi connectivity index (χ1) is 10.1. The van der Waals surface area contributed by atoms with E-state index in [-0.39, 0.29) is 18.0 Å². The molecule has 0 aromatic heterocycles. The van der Waals surface area contributed by atoms with E-state index in [9.17, 15) is 4.39 Å². The van der Waals surface area contributed by atoms with Gasteiger partial charge in [0.05, 0.1) is 6.10 Å². The molecule has 2 aromatic rings. The van der Waals surface area contributed by atoms with Gasteiger partial charge in [0.15, 0.2) is 0 Å². The summed E-state index contributed by atoms with van der Waals surface area (Å²) in [6.07, 6.45) is 0.158. The summed E-state index contributed by atoms with van der Waals surface area (Å²) >= 11 is 0. The van der Waals surface area contributed by atoms with Crippen molar-refractivity contribution in [2.24, 2.45) is 0 Å².